The van der Waals surface area contributed by atoms with Gasteiger partial charge in [-0.2, -0.15) is 13.2 Å². The van der Waals surface area contributed by atoms with Gasteiger partial charge in [-0.15, -0.1) is 0 Å². The van der Waals surface area contributed by atoms with E-state index in [1.165, 1.54) is 12.1 Å². The fourth-order valence-electron chi connectivity index (χ4n) is 2.27. The third-order valence-electron chi connectivity index (χ3n) is 3.43. The van der Waals surface area contributed by atoms with E-state index >= 15 is 0 Å². The van der Waals surface area contributed by atoms with Gasteiger partial charge in [0, 0.05) is 12.6 Å². The summed E-state index contributed by atoms with van der Waals surface area (Å²) in [5.74, 6) is 0. The summed E-state index contributed by atoms with van der Waals surface area (Å²) in [7, 11) is 1.76. The van der Waals surface area contributed by atoms with E-state index in [9.17, 15) is 13.2 Å². The molecule has 0 radical (unpaired) electrons. The van der Waals surface area contributed by atoms with E-state index in [0.29, 0.717) is 18.5 Å². The smallest absolute Gasteiger partial charge is 0.395 e. The molecule has 0 unspecified atom stereocenters. The second kappa shape index (κ2) is 10.1. The van der Waals surface area contributed by atoms with Gasteiger partial charge < -0.3 is 16.2 Å². The Morgan fingerprint density at radius 1 is 1.04 bits per heavy atom. The first-order valence-corrected chi connectivity index (χ1v) is 7.62. The fraction of sp³-hybridized carbons (Fsp3) is 0.333. The normalized spacial score (nSPS) is 12.2. The van der Waals surface area contributed by atoms with Crippen LogP contribution in [0, 0.1) is 0 Å². The summed E-state index contributed by atoms with van der Waals surface area (Å²) in [4.78, 5) is 0. The Labute approximate surface area is 140 Å². The number of nitrogens with two attached hydrogens (primary N) is 1. The number of alkyl halides is 3. The maximum atomic E-state index is 13.0. The molecule has 0 saturated carbocycles. The Morgan fingerprint density at radius 3 is 2.08 bits per heavy atom. The molecular formula is C18H23F3N2O. The third kappa shape index (κ3) is 6.31. The van der Waals surface area contributed by atoms with Crippen molar-refractivity contribution < 1.29 is 18.3 Å². The maximum Gasteiger partial charge on any atom is 0.416 e. The zero-order valence-corrected chi connectivity index (χ0v) is 13.6. The summed E-state index contributed by atoms with van der Waals surface area (Å²) in [5, 5.41) is 10.8. The lowest BCUT2D eigenvalue weighted by Crippen LogP contribution is -2.20. The highest BCUT2D eigenvalue weighted by Crippen LogP contribution is 2.33. The number of aliphatic hydroxyl groups excluding tert-OH is 1. The van der Waals surface area contributed by atoms with E-state index in [0.717, 1.165) is 11.6 Å². The van der Waals surface area contributed by atoms with Gasteiger partial charge in [-0.05, 0) is 30.7 Å². The summed E-state index contributed by atoms with van der Waals surface area (Å²) in [6.45, 7) is 0.472. The van der Waals surface area contributed by atoms with Gasteiger partial charge >= 0.3 is 6.18 Å². The van der Waals surface area contributed by atoms with Crippen LogP contribution in [-0.2, 0) is 12.6 Å². The molecule has 132 valence electrons. The standard InChI is InChI=1S/C16H16F3N.C2H7NO/c1-20-15(12-7-3-2-4-8-12)11-13-9-5-6-10-14(13)16(17,18)19;3-1-2-4/h2-10,15,20H,11H2,1H3;4H,1-3H2/t15-;/m0./s1. The van der Waals surface area contributed by atoms with Gasteiger partial charge in [-0.25, -0.2) is 0 Å². The molecule has 0 aromatic heterocycles. The molecule has 1 atom stereocenters. The average Bonchev–Trinajstić information content (AvgIpc) is 2.60. The highest BCUT2D eigenvalue weighted by molar-refractivity contribution is 5.32. The summed E-state index contributed by atoms with van der Waals surface area (Å²) in [6, 6.07) is 15.1. The Balaban J connectivity index is 0.000000648. The lowest BCUT2D eigenvalue weighted by Gasteiger charge is -2.19. The molecule has 2 aromatic carbocycles. The molecule has 2 rings (SSSR count). The first-order chi connectivity index (χ1) is 11.4. The molecule has 24 heavy (non-hydrogen) atoms. The molecular weight excluding hydrogens is 317 g/mol. The number of likely N-dealkylation sites (N-methyl/N-ethyl adjacent to an activating group) is 1. The van der Waals surface area contributed by atoms with E-state index in [-0.39, 0.29) is 12.6 Å². The van der Waals surface area contributed by atoms with Gasteiger partial charge in [0.15, 0.2) is 0 Å². The van der Waals surface area contributed by atoms with Gasteiger partial charge in [0.05, 0.1) is 12.2 Å². The summed E-state index contributed by atoms with van der Waals surface area (Å²) in [5.41, 5.74) is 5.51. The van der Waals surface area contributed by atoms with E-state index in [1.807, 2.05) is 30.3 Å². The Hall–Kier alpha value is -1.89. The Kier molecular flexibility index (Phi) is 8.46. The first kappa shape index (κ1) is 20.2. The van der Waals surface area contributed by atoms with Crippen molar-refractivity contribution in [1.29, 1.82) is 0 Å². The van der Waals surface area contributed by atoms with Crippen LogP contribution in [0.5, 0.6) is 0 Å². The Bertz CT molecular complexity index is 586. The third-order valence-corrected chi connectivity index (χ3v) is 3.43. The summed E-state index contributed by atoms with van der Waals surface area (Å²) >= 11 is 0. The molecule has 0 amide bonds. The maximum absolute atomic E-state index is 13.0. The van der Waals surface area contributed by atoms with Crippen LogP contribution in [0.2, 0.25) is 0 Å². The number of rotatable bonds is 5. The average molecular weight is 340 g/mol. The largest absolute Gasteiger partial charge is 0.416 e. The predicted octanol–water partition coefficient (Wildman–Crippen LogP) is 3.15. The van der Waals surface area contributed by atoms with E-state index in [2.05, 4.69) is 5.32 Å². The van der Waals surface area contributed by atoms with Gasteiger partial charge in [0.25, 0.3) is 0 Å². The molecule has 4 N–H and O–H groups in total. The number of hydrogen-bond acceptors (Lipinski definition) is 3. The summed E-state index contributed by atoms with van der Waals surface area (Å²) in [6.07, 6.45) is -4.01. The molecule has 0 fully saturated rings. The predicted molar refractivity (Wildman–Crippen MR) is 89.5 cm³/mol. The quantitative estimate of drug-likeness (QED) is 0.784. The number of benzene rings is 2. The number of hydrogen-bond donors (Lipinski definition) is 3. The van der Waals surface area contributed by atoms with E-state index in [4.69, 9.17) is 10.8 Å². The second-order valence-electron chi connectivity index (χ2n) is 5.12. The van der Waals surface area contributed by atoms with Crippen molar-refractivity contribution in [3.05, 3.63) is 71.3 Å². The van der Waals surface area contributed by atoms with Crippen molar-refractivity contribution in [3.8, 4) is 0 Å². The second-order valence-corrected chi connectivity index (χ2v) is 5.12. The van der Waals surface area contributed by atoms with Gasteiger partial charge in [-0.1, -0.05) is 48.5 Å². The van der Waals surface area contributed by atoms with Crippen LogP contribution in [0.1, 0.15) is 22.7 Å². The van der Waals surface area contributed by atoms with E-state index in [1.54, 1.807) is 13.1 Å². The van der Waals surface area contributed by atoms with Gasteiger partial charge in [-0.3, -0.25) is 0 Å². The molecule has 3 nitrogen and oxygen atoms in total. The Morgan fingerprint density at radius 2 is 1.58 bits per heavy atom. The molecule has 0 bridgehead atoms. The lowest BCUT2D eigenvalue weighted by atomic mass is 9.95. The van der Waals surface area contributed by atoms with Crippen LogP contribution in [0.25, 0.3) is 0 Å². The minimum atomic E-state index is -4.31. The molecule has 0 saturated heterocycles. The van der Waals surface area contributed by atoms with Crippen LogP contribution in [0.15, 0.2) is 54.6 Å². The molecule has 2 aromatic rings. The van der Waals surface area contributed by atoms with Gasteiger partial charge in [0.1, 0.15) is 0 Å². The lowest BCUT2D eigenvalue weighted by molar-refractivity contribution is -0.138. The molecule has 6 heteroatoms. The van der Waals surface area contributed by atoms with Crippen LogP contribution in [0.3, 0.4) is 0 Å². The highest BCUT2D eigenvalue weighted by Gasteiger charge is 2.33. The molecule has 0 heterocycles. The number of nitrogens with one attached hydrogen (secondary N) is 1. The number of halogens is 3. The topological polar surface area (TPSA) is 58.3 Å². The van der Waals surface area contributed by atoms with Crippen LogP contribution < -0.4 is 11.1 Å². The first-order valence-electron chi connectivity index (χ1n) is 7.62. The van der Waals surface area contributed by atoms with E-state index < -0.39 is 11.7 Å². The van der Waals surface area contributed by atoms with Crippen molar-refractivity contribution in [2.75, 3.05) is 20.2 Å². The van der Waals surface area contributed by atoms with Crippen molar-refractivity contribution >= 4 is 0 Å². The minimum Gasteiger partial charge on any atom is -0.395 e. The van der Waals surface area contributed by atoms with Crippen LogP contribution in [-0.4, -0.2) is 25.3 Å². The van der Waals surface area contributed by atoms with Crippen molar-refractivity contribution in [1.82, 2.24) is 5.32 Å². The van der Waals surface area contributed by atoms with Crippen molar-refractivity contribution in [2.24, 2.45) is 5.73 Å². The zero-order chi connectivity index (χ0) is 18.0. The van der Waals surface area contributed by atoms with Gasteiger partial charge in [0.2, 0.25) is 0 Å². The number of aliphatic hydroxyl groups is 1. The fourth-order valence-corrected chi connectivity index (χ4v) is 2.27. The molecule has 0 aliphatic heterocycles. The van der Waals surface area contributed by atoms with Crippen LogP contribution >= 0.6 is 0 Å². The highest BCUT2D eigenvalue weighted by atomic mass is 19.4. The monoisotopic (exact) mass is 340 g/mol. The molecule has 0 aliphatic rings. The molecule has 0 spiro atoms. The van der Waals surface area contributed by atoms with Crippen LogP contribution in [0.4, 0.5) is 13.2 Å². The molecule has 0 aliphatic carbocycles. The minimum absolute atomic E-state index is 0.0972. The zero-order valence-electron chi connectivity index (χ0n) is 13.6. The summed E-state index contributed by atoms with van der Waals surface area (Å²) < 4.78 is 39.0. The SMILES string of the molecule is CN[C@@H](Cc1ccccc1C(F)(F)F)c1ccccc1.NCCO. The van der Waals surface area contributed by atoms with Crippen molar-refractivity contribution in [3.63, 3.8) is 0 Å². The van der Waals surface area contributed by atoms with Crippen molar-refractivity contribution in [2.45, 2.75) is 18.6 Å².